The summed E-state index contributed by atoms with van der Waals surface area (Å²) in [6, 6.07) is 17.8. The summed E-state index contributed by atoms with van der Waals surface area (Å²) in [6.07, 6.45) is 3.03. The molecule has 188 valence electrons. The van der Waals surface area contributed by atoms with E-state index in [4.69, 9.17) is 0 Å². The van der Waals surface area contributed by atoms with Gasteiger partial charge in [-0.1, -0.05) is 44.2 Å². The summed E-state index contributed by atoms with van der Waals surface area (Å²) in [5, 5.41) is 12.9. The fourth-order valence-corrected chi connectivity index (χ4v) is 4.61. The molecule has 0 aliphatic carbocycles. The van der Waals surface area contributed by atoms with Gasteiger partial charge in [0.25, 0.3) is 5.69 Å². The second-order valence-corrected chi connectivity index (χ2v) is 10.1. The fourth-order valence-electron chi connectivity index (χ4n) is 3.69. The molecule has 1 aromatic heterocycles. The van der Waals surface area contributed by atoms with E-state index in [2.05, 4.69) is 0 Å². The first-order chi connectivity index (χ1) is 17.2. The van der Waals surface area contributed by atoms with Crippen LogP contribution >= 0.6 is 11.3 Å². The van der Waals surface area contributed by atoms with Crippen molar-refractivity contribution in [2.45, 2.75) is 33.9 Å². The van der Waals surface area contributed by atoms with E-state index in [1.807, 2.05) is 62.5 Å². The lowest BCUT2D eigenvalue weighted by molar-refractivity contribution is -0.384. The average molecular weight is 506 g/mol. The molecule has 0 saturated carbocycles. The highest BCUT2D eigenvalue weighted by Gasteiger charge is 2.22. The van der Waals surface area contributed by atoms with Gasteiger partial charge in [-0.15, -0.1) is 11.3 Å². The molecule has 0 aliphatic rings. The molecule has 2 aromatic carbocycles. The Morgan fingerprint density at radius 2 is 1.69 bits per heavy atom. The Morgan fingerprint density at radius 1 is 1.00 bits per heavy atom. The minimum atomic E-state index is -0.465. The van der Waals surface area contributed by atoms with Crippen LogP contribution in [-0.4, -0.2) is 39.6 Å². The first-order valence-electron chi connectivity index (χ1n) is 11.8. The van der Waals surface area contributed by atoms with Crippen molar-refractivity contribution in [3.8, 4) is 0 Å². The Hall–Kier alpha value is -3.78. The smallest absolute Gasteiger partial charge is 0.269 e. The maximum Gasteiger partial charge on any atom is 0.269 e. The van der Waals surface area contributed by atoms with Crippen molar-refractivity contribution in [3.63, 3.8) is 0 Å². The highest BCUT2D eigenvalue weighted by Crippen LogP contribution is 2.20. The van der Waals surface area contributed by atoms with Gasteiger partial charge in [-0.25, -0.2) is 0 Å². The summed E-state index contributed by atoms with van der Waals surface area (Å²) < 4.78 is 0. The summed E-state index contributed by atoms with van der Waals surface area (Å²) in [6.45, 7) is 7.39. The van der Waals surface area contributed by atoms with Crippen molar-refractivity contribution in [3.05, 3.63) is 104 Å². The van der Waals surface area contributed by atoms with Crippen LogP contribution in [0.25, 0.3) is 6.08 Å². The van der Waals surface area contributed by atoms with Gasteiger partial charge in [-0.05, 0) is 59.2 Å². The minimum Gasteiger partial charge on any atom is -0.332 e. The largest absolute Gasteiger partial charge is 0.332 e. The number of nitrogens with zero attached hydrogens (tertiary/aromatic N) is 3. The van der Waals surface area contributed by atoms with Crippen molar-refractivity contribution < 1.29 is 14.5 Å². The maximum absolute atomic E-state index is 13.5. The third-order valence-corrected chi connectivity index (χ3v) is 6.62. The number of thiophene rings is 1. The number of rotatable bonds is 11. The molecule has 0 bridgehead atoms. The van der Waals surface area contributed by atoms with E-state index in [1.54, 1.807) is 39.3 Å². The number of amides is 2. The van der Waals surface area contributed by atoms with Crippen molar-refractivity contribution >= 4 is 34.9 Å². The monoisotopic (exact) mass is 505 g/mol. The summed E-state index contributed by atoms with van der Waals surface area (Å²) in [4.78, 5) is 41.5. The van der Waals surface area contributed by atoms with Crippen LogP contribution in [0.5, 0.6) is 0 Å². The molecule has 3 aromatic rings. The summed E-state index contributed by atoms with van der Waals surface area (Å²) >= 11 is 1.62. The van der Waals surface area contributed by atoms with Crippen molar-refractivity contribution in [2.75, 3.05) is 13.1 Å². The number of carbonyl (C=O) groups excluding carboxylic acids is 2. The fraction of sp³-hybridized carbons (Fsp3) is 0.286. The van der Waals surface area contributed by atoms with Gasteiger partial charge in [0.05, 0.1) is 11.5 Å². The SMILES string of the molecule is Cc1ccsc1CN(Cc1ccccc1)C(=O)CN(CC(C)C)C(=O)/C=C/c1ccc([N+](=O)[O-])cc1. The molecule has 36 heavy (non-hydrogen) atoms. The van der Waals surface area contributed by atoms with Gasteiger partial charge in [0, 0.05) is 36.2 Å². The third-order valence-electron chi connectivity index (χ3n) is 5.62. The van der Waals surface area contributed by atoms with Crippen LogP contribution in [-0.2, 0) is 22.7 Å². The predicted octanol–water partition coefficient (Wildman–Crippen LogP) is 5.69. The van der Waals surface area contributed by atoms with E-state index in [-0.39, 0.29) is 30.0 Å². The van der Waals surface area contributed by atoms with E-state index in [0.717, 1.165) is 16.0 Å². The number of carbonyl (C=O) groups is 2. The van der Waals surface area contributed by atoms with Gasteiger partial charge < -0.3 is 9.80 Å². The Kier molecular flexibility index (Phi) is 9.53. The number of hydrogen-bond donors (Lipinski definition) is 0. The van der Waals surface area contributed by atoms with Crippen LogP contribution in [0.15, 0.2) is 72.1 Å². The standard InChI is InChI=1S/C28H31N3O4S/c1-21(2)17-29(27(32)14-11-23-9-12-25(13-10-23)31(34)35)20-28(33)30(18-24-7-5-4-6-8-24)19-26-22(3)15-16-36-26/h4-16,21H,17-20H2,1-3H3/b14-11+. The molecule has 3 rings (SSSR count). The van der Waals surface area contributed by atoms with Gasteiger partial charge in [0.1, 0.15) is 6.54 Å². The van der Waals surface area contributed by atoms with Crippen LogP contribution in [0.3, 0.4) is 0 Å². The molecule has 0 unspecified atom stereocenters. The first kappa shape index (κ1) is 26.8. The molecule has 0 saturated heterocycles. The zero-order valence-corrected chi connectivity index (χ0v) is 21.6. The number of nitro groups is 1. The topological polar surface area (TPSA) is 83.8 Å². The van der Waals surface area contributed by atoms with Crippen LogP contribution in [0.1, 0.15) is 35.4 Å². The molecular weight excluding hydrogens is 474 g/mol. The van der Waals surface area contributed by atoms with E-state index in [0.29, 0.717) is 25.2 Å². The lowest BCUT2D eigenvalue weighted by Gasteiger charge is -2.28. The van der Waals surface area contributed by atoms with E-state index >= 15 is 0 Å². The van der Waals surface area contributed by atoms with Crippen LogP contribution < -0.4 is 0 Å². The molecule has 1 heterocycles. The maximum atomic E-state index is 13.5. The van der Waals surface area contributed by atoms with Gasteiger partial charge in [-0.2, -0.15) is 0 Å². The first-order valence-corrected chi connectivity index (χ1v) is 12.7. The van der Waals surface area contributed by atoms with Crippen LogP contribution in [0.4, 0.5) is 5.69 Å². The molecule has 2 amide bonds. The van der Waals surface area contributed by atoms with Gasteiger partial charge >= 0.3 is 0 Å². The number of hydrogen-bond acceptors (Lipinski definition) is 5. The second kappa shape index (κ2) is 12.8. The molecular formula is C28H31N3O4S. The quantitative estimate of drug-likeness (QED) is 0.190. The third kappa shape index (κ3) is 7.88. The second-order valence-electron chi connectivity index (χ2n) is 9.06. The van der Waals surface area contributed by atoms with E-state index < -0.39 is 4.92 Å². The lowest BCUT2D eigenvalue weighted by Crippen LogP contribution is -2.43. The lowest BCUT2D eigenvalue weighted by atomic mass is 10.1. The number of benzene rings is 2. The molecule has 0 radical (unpaired) electrons. The number of nitro benzene ring substituents is 1. The highest BCUT2D eigenvalue weighted by atomic mass is 32.1. The van der Waals surface area contributed by atoms with E-state index in [9.17, 15) is 19.7 Å². The van der Waals surface area contributed by atoms with Gasteiger partial charge in [-0.3, -0.25) is 19.7 Å². The highest BCUT2D eigenvalue weighted by molar-refractivity contribution is 7.10. The molecule has 7 nitrogen and oxygen atoms in total. The zero-order valence-electron chi connectivity index (χ0n) is 20.8. The Balaban J connectivity index is 1.76. The Bertz CT molecular complexity index is 1200. The summed E-state index contributed by atoms with van der Waals surface area (Å²) in [7, 11) is 0. The van der Waals surface area contributed by atoms with Crippen LogP contribution in [0.2, 0.25) is 0 Å². The molecule has 0 atom stereocenters. The minimum absolute atomic E-state index is 0.00927. The molecule has 0 N–H and O–H groups in total. The Morgan fingerprint density at radius 3 is 2.28 bits per heavy atom. The van der Waals surface area contributed by atoms with Crippen molar-refractivity contribution in [1.82, 2.24) is 9.80 Å². The normalized spacial score (nSPS) is 11.1. The molecule has 0 aliphatic heterocycles. The molecule has 8 heteroatoms. The predicted molar refractivity (Wildman–Crippen MR) is 143 cm³/mol. The summed E-state index contributed by atoms with van der Waals surface area (Å²) in [5.74, 6) is -0.219. The van der Waals surface area contributed by atoms with Crippen molar-refractivity contribution in [1.29, 1.82) is 0 Å². The number of non-ortho nitro benzene ring substituents is 1. The summed E-state index contributed by atoms with van der Waals surface area (Å²) in [5.41, 5.74) is 2.83. The van der Waals surface area contributed by atoms with Gasteiger partial charge in [0.15, 0.2) is 0 Å². The Labute approximate surface area is 215 Å². The van der Waals surface area contributed by atoms with Crippen LogP contribution in [0, 0.1) is 23.0 Å². The molecule has 0 spiro atoms. The van der Waals surface area contributed by atoms with Gasteiger partial charge in [0.2, 0.25) is 11.8 Å². The number of aryl methyl sites for hydroxylation is 1. The zero-order chi connectivity index (χ0) is 26.1. The van der Waals surface area contributed by atoms with Crippen molar-refractivity contribution in [2.24, 2.45) is 5.92 Å². The molecule has 0 fully saturated rings. The average Bonchev–Trinajstić information content (AvgIpc) is 3.26. The van der Waals surface area contributed by atoms with E-state index in [1.165, 1.54) is 18.2 Å².